The zero-order valence-corrected chi connectivity index (χ0v) is 18.4. The summed E-state index contributed by atoms with van der Waals surface area (Å²) >= 11 is 0. The zero-order valence-electron chi connectivity index (χ0n) is 18.4. The molecule has 2 heterocycles. The number of anilines is 2. The molecule has 1 fully saturated rings. The largest absolute Gasteiger partial charge is 0.497 e. The highest BCUT2D eigenvalue weighted by molar-refractivity contribution is 6.00. The van der Waals surface area contributed by atoms with Crippen molar-refractivity contribution in [1.29, 1.82) is 0 Å². The van der Waals surface area contributed by atoms with Crippen LogP contribution in [0, 0.1) is 6.92 Å². The highest BCUT2D eigenvalue weighted by atomic mass is 16.5. The molecule has 1 aromatic heterocycles. The molecule has 0 radical (unpaired) electrons. The lowest BCUT2D eigenvalue weighted by atomic mass is 10.1. The third-order valence-electron chi connectivity index (χ3n) is 5.66. The fourth-order valence-corrected chi connectivity index (χ4v) is 3.76. The van der Waals surface area contributed by atoms with Gasteiger partial charge in [-0.2, -0.15) is 0 Å². The Bertz CT molecular complexity index is 1180. The molecule has 0 unspecified atom stereocenters. The first kappa shape index (κ1) is 21.7. The summed E-state index contributed by atoms with van der Waals surface area (Å²) in [6.07, 6.45) is 2.07. The Hall–Kier alpha value is -3.52. The molecule has 2 aromatic carbocycles. The standard InChI is InChI=1S/C24H27N3O5.2H2/c1-15-21(31-19-10-12-27(2)13-11-19)9-4-16-14-20(23(28)32-22(15)16)26-24(29)25-17-5-7-18(30-3)8-6-17;;/h4-9,14,19H,10-13H2,1-3H3,(H2,25,26,29);2*1H. The maximum absolute atomic E-state index is 12.5. The normalized spacial score (nSPS) is 14.8. The van der Waals surface area contributed by atoms with Crippen LogP contribution in [0.2, 0.25) is 0 Å². The molecule has 2 amide bonds. The molecular weight excluding hydrogens is 410 g/mol. The maximum Gasteiger partial charge on any atom is 0.360 e. The number of hydrogen-bond donors (Lipinski definition) is 2. The number of fused-ring (bicyclic) bond motifs is 1. The number of carbonyl (C=O) groups is 1. The average molecular weight is 442 g/mol. The van der Waals surface area contributed by atoms with Gasteiger partial charge in [-0.1, -0.05) is 0 Å². The molecule has 0 saturated carbocycles. The Morgan fingerprint density at radius 1 is 1.12 bits per heavy atom. The summed E-state index contributed by atoms with van der Waals surface area (Å²) in [6.45, 7) is 3.87. The van der Waals surface area contributed by atoms with Crippen molar-refractivity contribution in [2.24, 2.45) is 0 Å². The van der Waals surface area contributed by atoms with E-state index in [4.69, 9.17) is 13.9 Å². The lowest BCUT2D eigenvalue weighted by molar-refractivity contribution is 0.113. The highest BCUT2D eigenvalue weighted by Crippen LogP contribution is 2.30. The van der Waals surface area contributed by atoms with Gasteiger partial charge in [0.1, 0.15) is 28.9 Å². The summed E-state index contributed by atoms with van der Waals surface area (Å²) < 4.78 is 16.8. The van der Waals surface area contributed by atoms with Crippen molar-refractivity contribution in [1.82, 2.24) is 4.90 Å². The van der Waals surface area contributed by atoms with Crippen LogP contribution >= 0.6 is 0 Å². The van der Waals surface area contributed by atoms with Crippen molar-refractivity contribution in [3.63, 3.8) is 0 Å². The van der Waals surface area contributed by atoms with Gasteiger partial charge in [0, 0.05) is 32.6 Å². The maximum atomic E-state index is 12.5. The van der Waals surface area contributed by atoms with Gasteiger partial charge in [-0.25, -0.2) is 9.59 Å². The van der Waals surface area contributed by atoms with E-state index in [0.717, 1.165) is 31.5 Å². The van der Waals surface area contributed by atoms with E-state index in [-0.39, 0.29) is 14.6 Å². The van der Waals surface area contributed by atoms with E-state index in [1.165, 1.54) is 0 Å². The Morgan fingerprint density at radius 2 is 1.84 bits per heavy atom. The summed E-state index contributed by atoms with van der Waals surface area (Å²) in [4.78, 5) is 27.1. The number of amides is 2. The SMILES string of the molecule is COc1ccc(NC(=O)Nc2cc3ccc(OC4CCN(C)CC4)c(C)c3oc2=O)cc1.[HH].[HH]. The van der Waals surface area contributed by atoms with Gasteiger partial charge in [-0.05, 0) is 69.3 Å². The van der Waals surface area contributed by atoms with Crippen molar-refractivity contribution >= 4 is 28.4 Å². The first-order chi connectivity index (χ1) is 15.4. The molecule has 172 valence electrons. The number of rotatable bonds is 5. The van der Waals surface area contributed by atoms with E-state index in [1.807, 2.05) is 19.1 Å². The van der Waals surface area contributed by atoms with Crippen molar-refractivity contribution in [3.05, 3.63) is 58.4 Å². The van der Waals surface area contributed by atoms with Crippen LogP contribution in [0.3, 0.4) is 0 Å². The Morgan fingerprint density at radius 3 is 2.53 bits per heavy atom. The molecule has 32 heavy (non-hydrogen) atoms. The second-order valence-corrected chi connectivity index (χ2v) is 7.98. The fourth-order valence-electron chi connectivity index (χ4n) is 3.76. The van der Waals surface area contributed by atoms with Crippen molar-refractivity contribution in [2.75, 3.05) is 37.9 Å². The summed E-state index contributed by atoms with van der Waals surface area (Å²) in [7, 11) is 3.68. The summed E-state index contributed by atoms with van der Waals surface area (Å²) in [5, 5.41) is 5.94. The summed E-state index contributed by atoms with van der Waals surface area (Å²) in [5.41, 5.74) is 1.24. The molecule has 1 aliphatic heterocycles. The smallest absolute Gasteiger partial charge is 0.360 e. The predicted octanol–water partition coefficient (Wildman–Crippen LogP) is 4.72. The van der Waals surface area contributed by atoms with Crippen molar-refractivity contribution in [3.8, 4) is 11.5 Å². The average Bonchev–Trinajstić information content (AvgIpc) is 2.79. The van der Waals surface area contributed by atoms with E-state index in [0.29, 0.717) is 28.2 Å². The molecule has 0 bridgehead atoms. The van der Waals surface area contributed by atoms with E-state index < -0.39 is 11.7 Å². The second kappa shape index (κ2) is 9.32. The Balaban J connectivity index is 0.00000204. The van der Waals surface area contributed by atoms with Crippen LogP contribution in [0.1, 0.15) is 21.3 Å². The van der Waals surface area contributed by atoms with Crippen molar-refractivity contribution < 1.29 is 21.5 Å². The summed E-state index contributed by atoms with van der Waals surface area (Å²) in [5.74, 6) is 1.40. The van der Waals surface area contributed by atoms with Crippen LogP contribution in [0.4, 0.5) is 16.2 Å². The Kier molecular flexibility index (Phi) is 6.32. The number of likely N-dealkylation sites (tertiary alicyclic amines) is 1. The molecular formula is C24H31N3O5. The van der Waals surface area contributed by atoms with Gasteiger partial charge in [0.15, 0.2) is 0 Å². The molecule has 1 saturated heterocycles. The predicted molar refractivity (Wildman–Crippen MR) is 128 cm³/mol. The molecule has 8 heteroatoms. The second-order valence-electron chi connectivity index (χ2n) is 7.98. The zero-order chi connectivity index (χ0) is 22.7. The van der Waals surface area contributed by atoms with Crippen molar-refractivity contribution in [2.45, 2.75) is 25.9 Å². The minimum Gasteiger partial charge on any atom is -0.497 e. The molecule has 3 aromatic rings. The number of nitrogens with one attached hydrogen (secondary N) is 2. The minimum absolute atomic E-state index is 0. The molecule has 0 spiro atoms. The van der Waals surface area contributed by atoms with Gasteiger partial charge < -0.3 is 29.4 Å². The van der Waals surface area contributed by atoms with Crippen LogP contribution < -0.4 is 25.7 Å². The number of nitrogens with zero attached hydrogens (tertiary/aromatic N) is 1. The number of carbonyl (C=O) groups excluding carboxylic acids is 1. The fraction of sp³-hybridized carbons (Fsp3) is 0.333. The third-order valence-corrected chi connectivity index (χ3v) is 5.66. The summed E-state index contributed by atoms with van der Waals surface area (Å²) in [6, 6.07) is 11.7. The molecule has 0 aliphatic carbocycles. The molecule has 2 N–H and O–H groups in total. The highest BCUT2D eigenvalue weighted by Gasteiger charge is 2.20. The third kappa shape index (κ3) is 4.86. The molecule has 8 nitrogen and oxygen atoms in total. The number of urea groups is 1. The topological polar surface area (TPSA) is 93.0 Å². The van der Waals surface area contributed by atoms with Crippen LogP contribution in [-0.2, 0) is 0 Å². The van der Waals surface area contributed by atoms with Gasteiger partial charge in [0.25, 0.3) is 0 Å². The van der Waals surface area contributed by atoms with E-state index in [9.17, 15) is 9.59 Å². The number of piperidine rings is 1. The monoisotopic (exact) mass is 441 g/mol. The number of benzene rings is 2. The number of methoxy groups -OCH3 is 1. The van der Waals surface area contributed by atoms with Gasteiger partial charge >= 0.3 is 11.7 Å². The van der Waals surface area contributed by atoms with Crippen LogP contribution in [0.25, 0.3) is 11.0 Å². The van der Waals surface area contributed by atoms with E-state index >= 15 is 0 Å². The molecule has 1 aliphatic rings. The van der Waals surface area contributed by atoms with Crippen LogP contribution in [0.5, 0.6) is 11.5 Å². The first-order valence-corrected chi connectivity index (χ1v) is 10.6. The van der Waals surface area contributed by atoms with Gasteiger partial charge in [0.2, 0.25) is 0 Å². The van der Waals surface area contributed by atoms with Crippen LogP contribution in [-0.4, -0.2) is 44.3 Å². The minimum atomic E-state index is -0.623. The van der Waals surface area contributed by atoms with Gasteiger partial charge in [0.05, 0.1) is 7.11 Å². The van der Waals surface area contributed by atoms with Gasteiger partial charge in [-0.3, -0.25) is 0 Å². The lowest BCUT2D eigenvalue weighted by Gasteiger charge is -2.29. The molecule has 0 atom stereocenters. The molecule has 4 rings (SSSR count). The number of hydrogen-bond acceptors (Lipinski definition) is 6. The lowest BCUT2D eigenvalue weighted by Crippen LogP contribution is -2.35. The number of aryl methyl sites for hydroxylation is 1. The van der Waals surface area contributed by atoms with Crippen LogP contribution in [0.15, 0.2) is 51.7 Å². The number of ether oxygens (including phenoxy) is 2. The van der Waals surface area contributed by atoms with E-state index in [1.54, 1.807) is 37.4 Å². The Labute approximate surface area is 189 Å². The quantitative estimate of drug-likeness (QED) is 0.557. The van der Waals surface area contributed by atoms with E-state index in [2.05, 4.69) is 22.6 Å². The van der Waals surface area contributed by atoms with Gasteiger partial charge in [-0.15, -0.1) is 0 Å². The first-order valence-electron chi connectivity index (χ1n) is 10.6.